The Morgan fingerprint density at radius 1 is 1.12 bits per heavy atom. The fourth-order valence-corrected chi connectivity index (χ4v) is 5.22. The zero-order valence-electron chi connectivity index (χ0n) is 14.2. The molecule has 0 amide bonds. The first kappa shape index (κ1) is 16.6. The summed E-state index contributed by atoms with van der Waals surface area (Å²) in [7, 11) is -1.53. The highest BCUT2D eigenvalue weighted by molar-refractivity contribution is 7.89. The second-order valence-corrected chi connectivity index (χ2v) is 8.85. The van der Waals surface area contributed by atoms with Crippen LogP contribution in [-0.2, 0) is 30.0 Å². The number of aryl methyl sites for hydroxylation is 2. The van der Waals surface area contributed by atoms with Gasteiger partial charge in [-0.25, -0.2) is 8.42 Å². The average molecular weight is 375 g/mol. The molecule has 4 rings (SSSR count). The van der Waals surface area contributed by atoms with E-state index in [4.69, 9.17) is 11.6 Å². The highest BCUT2D eigenvalue weighted by Gasteiger charge is 2.31. The number of rotatable bonds is 2. The molecule has 25 heavy (non-hydrogen) atoms. The van der Waals surface area contributed by atoms with Crippen molar-refractivity contribution in [1.29, 1.82) is 0 Å². The zero-order chi connectivity index (χ0) is 17.8. The number of nitrogens with zero attached hydrogens (tertiary/aromatic N) is 2. The summed E-state index contributed by atoms with van der Waals surface area (Å²) < 4.78 is 29.8. The predicted molar refractivity (Wildman–Crippen MR) is 100 cm³/mol. The van der Waals surface area contributed by atoms with Gasteiger partial charge in [-0.15, -0.1) is 0 Å². The summed E-state index contributed by atoms with van der Waals surface area (Å²) in [6.07, 6.45) is 0.725. The van der Waals surface area contributed by atoms with Crippen LogP contribution in [0.3, 0.4) is 0 Å². The van der Waals surface area contributed by atoms with Gasteiger partial charge in [-0.05, 0) is 48.7 Å². The minimum absolute atomic E-state index is 0.302. The minimum Gasteiger partial charge on any atom is -0.346 e. The lowest BCUT2D eigenvalue weighted by atomic mass is 10.1. The molecule has 3 aromatic rings. The van der Waals surface area contributed by atoms with E-state index in [1.54, 1.807) is 22.5 Å². The second kappa shape index (κ2) is 5.87. The van der Waals surface area contributed by atoms with Crippen LogP contribution < -0.4 is 0 Å². The zero-order valence-corrected chi connectivity index (χ0v) is 15.7. The maximum absolute atomic E-state index is 13.1. The Morgan fingerprint density at radius 3 is 2.64 bits per heavy atom. The van der Waals surface area contributed by atoms with E-state index < -0.39 is 10.0 Å². The molecule has 0 saturated carbocycles. The van der Waals surface area contributed by atoms with Crippen molar-refractivity contribution in [2.45, 2.75) is 24.8 Å². The molecule has 130 valence electrons. The number of hydrogen-bond acceptors (Lipinski definition) is 2. The highest BCUT2D eigenvalue weighted by atomic mass is 35.5. The second-order valence-electron chi connectivity index (χ2n) is 6.50. The standard InChI is InChI=1S/C19H19ClN2O2S/c1-13-11-14(7-8-17(13)20)25(23,24)22-10-9-16-15-5-3-4-6-18(15)21(2)19(16)12-22/h3-8,11H,9-10,12H2,1-2H3. The molecule has 0 bridgehead atoms. The molecule has 2 heterocycles. The number of para-hydroxylation sites is 1. The maximum atomic E-state index is 13.1. The van der Waals surface area contributed by atoms with Crippen LogP contribution in [0.4, 0.5) is 0 Å². The van der Waals surface area contributed by atoms with Crippen molar-refractivity contribution in [2.75, 3.05) is 6.54 Å². The van der Waals surface area contributed by atoms with Crippen molar-refractivity contribution >= 4 is 32.5 Å². The summed E-state index contributed by atoms with van der Waals surface area (Å²) in [6.45, 7) is 2.70. The van der Waals surface area contributed by atoms with Crippen molar-refractivity contribution < 1.29 is 8.42 Å². The summed E-state index contributed by atoms with van der Waals surface area (Å²) >= 11 is 6.04. The topological polar surface area (TPSA) is 42.3 Å². The average Bonchev–Trinajstić information content (AvgIpc) is 2.90. The molecule has 0 atom stereocenters. The number of sulfonamides is 1. The van der Waals surface area contributed by atoms with E-state index >= 15 is 0 Å². The highest BCUT2D eigenvalue weighted by Crippen LogP contribution is 2.32. The number of aromatic nitrogens is 1. The van der Waals surface area contributed by atoms with Crippen LogP contribution in [0.15, 0.2) is 47.4 Å². The number of hydrogen-bond donors (Lipinski definition) is 0. The molecule has 0 saturated heterocycles. The third-order valence-electron chi connectivity index (χ3n) is 5.05. The van der Waals surface area contributed by atoms with Crippen LogP contribution in [0.5, 0.6) is 0 Å². The Labute approximate surface area is 152 Å². The molecule has 2 aromatic carbocycles. The van der Waals surface area contributed by atoms with Gasteiger partial charge in [-0.3, -0.25) is 0 Å². The van der Waals surface area contributed by atoms with Gasteiger partial charge in [0, 0.05) is 35.2 Å². The summed E-state index contributed by atoms with van der Waals surface area (Å²) in [5.74, 6) is 0. The maximum Gasteiger partial charge on any atom is 0.243 e. The lowest BCUT2D eigenvalue weighted by molar-refractivity contribution is 0.382. The Hall–Kier alpha value is -1.82. The van der Waals surface area contributed by atoms with Gasteiger partial charge in [0.15, 0.2) is 0 Å². The van der Waals surface area contributed by atoms with Gasteiger partial charge in [0.2, 0.25) is 10.0 Å². The van der Waals surface area contributed by atoms with E-state index in [1.165, 1.54) is 10.9 Å². The van der Waals surface area contributed by atoms with Crippen LogP contribution >= 0.6 is 11.6 Å². The van der Waals surface area contributed by atoms with Gasteiger partial charge < -0.3 is 4.57 Å². The summed E-state index contributed by atoms with van der Waals surface area (Å²) in [5, 5.41) is 1.80. The third kappa shape index (κ3) is 2.58. The van der Waals surface area contributed by atoms with Crippen LogP contribution in [0, 0.1) is 6.92 Å². The summed E-state index contributed by atoms with van der Waals surface area (Å²) in [5.41, 5.74) is 4.25. The molecule has 0 spiro atoms. The molecule has 0 radical (unpaired) electrons. The molecule has 0 aliphatic carbocycles. The van der Waals surface area contributed by atoms with E-state index in [1.807, 2.05) is 26.1 Å². The largest absolute Gasteiger partial charge is 0.346 e. The van der Waals surface area contributed by atoms with E-state index in [0.717, 1.165) is 23.2 Å². The first-order valence-corrected chi connectivity index (χ1v) is 10.0. The fourth-order valence-electron chi connectivity index (χ4n) is 3.62. The summed E-state index contributed by atoms with van der Waals surface area (Å²) in [6, 6.07) is 13.1. The van der Waals surface area contributed by atoms with Gasteiger partial charge >= 0.3 is 0 Å². The number of benzene rings is 2. The van der Waals surface area contributed by atoms with Crippen molar-refractivity contribution in [3.63, 3.8) is 0 Å². The molecular formula is C19H19ClN2O2S. The normalized spacial score (nSPS) is 15.5. The minimum atomic E-state index is -3.54. The third-order valence-corrected chi connectivity index (χ3v) is 7.31. The van der Waals surface area contributed by atoms with Crippen molar-refractivity contribution in [2.24, 2.45) is 7.05 Å². The van der Waals surface area contributed by atoms with Gasteiger partial charge in [0.1, 0.15) is 0 Å². The van der Waals surface area contributed by atoms with Crippen molar-refractivity contribution in [3.8, 4) is 0 Å². The Bertz CT molecular complexity index is 1090. The lowest BCUT2D eigenvalue weighted by Gasteiger charge is -2.27. The van der Waals surface area contributed by atoms with E-state index in [2.05, 4.69) is 16.7 Å². The van der Waals surface area contributed by atoms with Gasteiger partial charge in [0.05, 0.1) is 11.4 Å². The predicted octanol–water partition coefficient (Wildman–Crippen LogP) is 3.89. The smallest absolute Gasteiger partial charge is 0.243 e. The number of fused-ring (bicyclic) bond motifs is 3. The number of halogens is 1. The van der Waals surface area contributed by atoms with E-state index in [-0.39, 0.29) is 0 Å². The van der Waals surface area contributed by atoms with Crippen LogP contribution in [0.25, 0.3) is 10.9 Å². The van der Waals surface area contributed by atoms with Gasteiger partial charge in [-0.1, -0.05) is 29.8 Å². The van der Waals surface area contributed by atoms with Crippen molar-refractivity contribution in [3.05, 3.63) is 64.3 Å². The Morgan fingerprint density at radius 2 is 1.88 bits per heavy atom. The molecule has 0 N–H and O–H groups in total. The molecule has 0 fully saturated rings. The monoisotopic (exact) mass is 374 g/mol. The SMILES string of the molecule is Cc1cc(S(=O)(=O)N2CCc3c(n(C)c4ccccc34)C2)ccc1Cl. The molecule has 4 nitrogen and oxygen atoms in total. The van der Waals surface area contributed by atoms with Crippen molar-refractivity contribution in [1.82, 2.24) is 8.87 Å². The molecule has 1 aliphatic rings. The Kier molecular flexibility index (Phi) is 3.90. The van der Waals surface area contributed by atoms with Crippen LogP contribution in [0.1, 0.15) is 16.8 Å². The van der Waals surface area contributed by atoms with E-state index in [0.29, 0.717) is 23.0 Å². The first-order chi connectivity index (χ1) is 11.9. The van der Waals surface area contributed by atoms with Gasteiger partial charge in [0.25, 0.3) is 0 Å². The fraction of sp³-hybridized carbons (Fsp3) is 0.263. The quantitative estimate of drug-likeness (QED) is 0.683. The first-order valence-electron chi connectivity index (χ1n) is 8.21. The molecule has 6 heteroatoms. The lowest BCUT2D eigenvalue weighted by Crippen LogP contribution is -2.36. The molecule has 1 aromatic heterocycles. The Balaban J connectivity index is 1.76. The summed E-state index contributed by atoms with van der Waals surface area (Å²) in [4.78, 5) is 0.302. The van der Waals surface area contributed by atoms with E-state index in [9.17, 15) is 8.42 Å². The molecule has 1 aliphatic heterocycles. The van der Waals surface area contributed by atoms with Gasteiger partial charge in [-0.2, -0.15) is 4.31 Å². The molecular weight excluding hydrogens is 356 g/mol. The van der Waals surface area contributed by atoms with Crippen LogP contribution in [-0.4, -0.2) is 23.8 Å². The molecule has 0 unspecified atom stereocenters. The van der Waals surface area contributed by atoms with Crippen LogP contribution in [0.2, 0.25) is 5.02 Å².